The summed E-state index contributed by atoms with van der Waals surface area (Å²) in [6.45, 7) is 1.48. The third-order valence-corrected chi connectivity index (χ3v) is 5.45. The van der Waals surface area contributed by atoms with Gasteiger partial charge in [-0.25, -0.2) is 4.98 Å². The van der Waals surface area contributed by atoms with Gasteiger partial charge in [0.1, 0.15) is 17.4 Å². The van der Waals surface area contributed by atoms with Crippen LogP contribution < -0.4 is 10.1 Å². The molecule has 1 amide bonds. The number of fused-ring (bicyclic) bond motifs is 1. The van der Waals surface area contributed by atoms with Crippen LogP contribution in [-0.2, 0) is 4.79 Å². The van der Waals surface area contributed by atoms with E-state index >= 15 is 0 Å². The number of ketones is 1. The summed E-state index contributed by atoms with van der Waals surface area (Å²) in [6, 6.07) is 9.73. The number of rotatable bonds is 5. The minimum absolute atomic E-state index is 0.00225. The predicted molar refractivity (Wildman–Crippen MR) is 99.6 cm³/mol. The molecule has 1 aromatic carbocycles. The summed E-state index contributed by atoms with van der Waals surface area (Å²) in [4.78, 5) is 32.6. The lowest BCUT2D eigenvalue weighted by Gasteiger charge is -2.34. The zero-order valence-electron chi connectivity index (χ0n) is 14.1. The minimum Gasteiger partial charge on any atom is -0.488 e. The number of nitrogens with one attached hydrogen (secondary N) is 1. The predicted octanol–water partition coefficient (Wildman–Crippen LogP) is 3.69. The van der Waals surface area contributed by atoms with Crippen LogP contribution in [0, 0.1) is 5.92 Å². The van der Waals surface area contributed by atoms with Crippen LogP contribution in [0.2, 0.25) is 0 Å². The van der Waals surface area contributed by atoms with E-state index < -0.39 is 0 Å². The van der Waals surface area contributed by atoms with Crippen LogP contribution in [0.4, 0.5) is 5.13 Å². The highest BCUT2D eigenvalue weighted by Gasteiger charge is 2.36. The molecule has 0 radical (unpaired) electrons. The van der Waals surface area contributed by atoms with Gasteiger partial charge in [0.2, 0.25) is 5.91 Å². The number of hydrogen-bond acceptors (Lipinski definition) is 6. The van der Waals surface area contributed by atoms with Gasteiger partial charge in [0, 0.05) is 24.4 Å². The van der Waals surface area contributed by atoms with Gasteiger partial charge in [0.25, 0.3) is 0 Å². The van der Waals surface area contributed by atoms with Crippen LogP contribution in [0.25, 0.3) is 10.9 Å². The van der Waals surface area contributed by atoms with Crippen molar-refractivity contribution < 1.29 is 14.3 Å². The van der Waals surface area contributed by atoms with Crippen LogP contribution in [-0.4, -0.2) is 27.8 Å². The van der Waals surface area contributed by atoms with Crippen LogP contribution in [0.3, 0.4) is 0 Å². The van der Waals surface area contributed by atoms with Gasteiger partial charge in [-0.2, -0.15) is 0 Å². The molecule has 1 aliphatic rings. The molecule has 26 heavy (non-hydrogen) atoms. The van der Waals surface area contributed by atoms with Gasteiger partial charge in [-0.3, -0.25) is 14.6 Å². The number of nitrogens with zero attached hydrogens (tertiary/aromatic N) is 2. The lowest BCUT2D eigenvalue weighted by atomic mass is 9.81. The summed E-state index contributed by atoms with van der Waals surface area (Å²) in [5.74, 6) is 0.514. The summed E-state index contributed by atoms with van der Waals surface area (Å²) < 4.78 is 6.03. The van der Waals surface area contributed by atoms with Crippen molar-refractivity contribution in [2.75, 3.05) is 5.32 Å². The first-order valence-corrected chi connectivity index (χ1v) is 9.20. The van der Waals surface area contributed by atoms with Crippen molar-refractivity contribution >= 4 is 39.1 Å². The standard InChI is InChI=1S/C19H17N3O3S/c1-11(23)16-10-21-19(26-16)22-18(24)13-8-14(9-13)25-15-6-2-4-12-5-3-7-20-17(12)15/h2-7,10,13-14H,8-9H2,1H3,(H,21,22,24). The number of anilines is 1. The molecule has 0 aliphatic heterocycles. The van der Waals surface area contributed by atoms with Crippen LogP contribution in [0.1, 0.15) is 29.4 Å². The largest absolute Gasteiger partial charge is 0.488 e. The Hall–Kier alpha value is -2.80. The molecule has 0 unspecified atom stereocenters. The number of ether oxygens (including phenoxy) is 1. The number of thiazole rings is 1. The maximum atomic E-state index is 12.3. The summed E-state index contributed by atoms with van der Waals surface area (Å²) in [7, 11) is 0. The van der Waals surface area contributed by atoms with Crippen LogP contribution >= 0.6 is 11.3 Å². The van der Waals surface area contributed by atoms with Gasteiger partial charge in [-0.05, 0) is 25.0 Å². The Morgan fingerprint density at radius 3 is 2.77 bits per heavy atom. The number of para-hydroxylation sites is 1. The van der Waals surface area contributed by atoms with Gasteiger partial charge in [0.15, 0.2) is 10.9 Å². The van der Waals surface area contributed by atoms with Crippen LogP contribution in [0.5, 0.6) is 5.75 Å². The Bertz CT molecular complexity index is 974. The lowest BCUT2D eigenvalue weighted by Crippen LogP contribution is -2.40. The van der Waals surface area contributed by atoms with E-state index in [2.05, 4.69) is 15.3 Å². The first kappa shape index (κ1) is 16.7. The van der Waals surface area contributed by atoms with Gasteiger partial charge in [0.05, 0.1) is 11.1 Å². The Morgan fingerprint density at radius 2 is 2.00 bits per heavy atom. The first-order chi connectivity index (χ1) is 12.6. The average Bonchev–Trinajstić information content (AvgIpc) is 3.06. The third-order valence-electron chi connectivity index (χ3n) is 4.44. The van der Waals surface area contributed by atoms with Crippen molar-refractivity contribution in [1.29, 1.82) is 0 Å². The molecule has 1 fully saturated rings. The van der Waals surface area contributed by atoms with Crippen LogP contribution in [0.15, 0.2) is 42.7 Å². The van der Waals surface area contributed by atoms with Crippen molar-refractivity contribution in [3.8, 4) is 5.75 Å². The van der Waals surface area contributed by atoms with Gasteiger partial charge in [-0.1, -0.05) is 29.5 Å². The molecule has 2 aromatic heterocycles. The zero-order chi connectivity index (χ0) is 18.1. The Kier molecular flexibility index (Phi) is 4.38. The molecule has 6 nitrogen and oxygen atoms in total. The molecule has 132 valence electrons. The normalized spacial score (nSPS) is 19.0. The quantitative estimate of drug-likeness (QED) is 0.696. The van der Waals surface area contributed by atoms with Crippen molar-refractivity contribution in [3.05, 3.63) is 47.6 Å². The molecule has 3 aromatic rings. The van der Waals surface area contributed by atoms with Gasteiger partial charge < -0.3 is 10.1 Å². The fourth-order valence-corrected chi connectivity index (χ4v) is 3.64. The van der Waals surface area contributed by atoms with Crippen molar-refractivity contribution in [3.63, 3.8) is 0 Å². The van der Waals surface area contributed by atoms with E-state index in [0.29, 0.717) is 22.9 Å². The Labute approximate surface area is 154 Å². The molecule has 1 saturated carbocycles. The second kappa shape index (κ2) is 6.84. The summed E-state index contributed by atoms with van der Waals surface area (Å²) in [5.41, 5.74) is 0.836. The van der Waals surface area contributed by atoms with E-state index in [0.717, 1.165) is 16.7 Å². The van der Waals surface area contributed by atoms with E-state index in [9.17, 15) is 9.59 Å². The molecular weight excluding hydrogens is 350 g/mol. The summed E-state index contributed by atoms with van der Waals surface area (Å²) >= 11 is 1.19. The third kappa shape index (κ3) is 3.30. The molecule has 0 atom stereocenters. The monoisotopic (exact) mass is 367 g/mol. The highest BCUT2D eigenvalue weighted by Crippen LogP contribution is 2.34. The summed E-state index contributed by atoms with van der Waals surface area (Å²) in [6.07, 6.45) is 4.54. The van der Waals surface area contributed by atoms with E-state index in [1.807, 2.05) is 30.3 Å². The summed E-state index contributed by atoms with van der Waals surface area (Å²) in [5, 5.41) is 4.27. The SMILES string of the molecule is CC(=O)c1cnc(NC(=O)C2CC(Oc3cccc4cccnc34)C2)s1. The molecule has 7 heteroatoms. The number of aromatic nitrogens is 2. The maximum Gasteiger partial charge on any atom is 0.229 e. The minimum atomic E-state index is -0.104. The number of hydrogen-bond donors (Lipinski definition) is 1. The number of carbonyl (C=O) groups excluding carboxylic acids is 2. The molecule has 4 rings (SSSR count). The highest BCUT2D eigenvalue weighted by atomic mass is 32.1. The molecule has 1 N–H and O–H groups in total. The molecule has 0 bridgehead atoms. The number of pyridine rings is 1. The highest BCUT2D eigenvalue weighted by molar-refractivity contribution is 7.17. The Morgan fingerprint density at radius 1 is 1.19 bits per heavy atom. The maximum absolute atomic E-state index is 12.3. The van der Waals surface area contributed by atoms with Crippen molar-refractivity contribution in [1.82, 2.24) is 9.97 Å². The Balaban J connectivity index is 1.34. The van der Waals surface area contributed by atoms with E-state index in [-0.39, 0.29) is 23.7 Å². The number of carbonyl (C=O) groups is 2. The lowest BCUT2D eigenvalue weighted by molar-refractivity contribution is -0.125. The first-order valence-electron chi connectivity index (χ1n) is 8.38. The molecule has 1 aliphatic carbocycles. The molecule has 0 spiro atoms. The fraction of sp³-hybridized carbons (Fsp3) is 0.263. The second-order valence-corrected chi connectivity index (χ2v) is 7.35. The van der Waals surface area contributed by atoms with E-state index in [1.165, 1.54) is 24.5 Å². The molecule has 0 saturated heterocycles. The second-order valence-electron chi connectivity index (χ2n) is 6.31. The van der Waals surface area contributed by atoms with Crippen molar-refractivity contribution in [2.24, 2.45) is 5.92 Å². The number of benzene rings is 1. The fourth-order valence-electron chi connectivity index (χ4n) is 2.93. The van der Waals surface area contributed by atoms with E-state index in [1.54, 1.807) is 6.20 Å². The van der Waals surface area contributed by atoms with Gasteiger partial charge in [-0.15, -0.1) is 0 Å². The molecular formula is C19H17N3O3S. The van der Waals surface area contributed by atoms with Crippen molar-refractivity contribution in [2.45, 2.75) is 25.9 Å². The van der Waals surface area contributed by atoms with Gasteiger partial charge >= 0.3 is 0 Å². The topological polar surface area (TPSA) is 81.2 Å². The number of amides is 1. The smallest absolute Gasteiger partial charge is 0.229 e. The molecule has 2 heterocycles. The van der Waals surface area contributed by atoms with E-state index in [4.69, 9.17) is 4.74 Å². The average molecular weight is 367 g/mol. The number of Topliss-reactive ketones (excluding diaryl/α,β-unsaturated/α-hetero) is 1. The zero-order valence-corrected chi connectivity index (χ0v) is 15.0.